The fraction of sp³-hybridized carbons (Fsp3) is 0.368. The van der Waals surface area contributed by atoms with Crippen molar-refractivity contribution in [2.45, 2.75) is 58.5 Å². The number of hydrogen-bond donors (Lipinski definition) is 3. The second kappa shape index (κ2) is 20.6. The Kier molecular flexibility index (Phi) is 16.4. The van der Waals surface area contributed by atoms with Crippen LogP contribution in [0.15, 0.2) is 89.9 Å². The highest BCUT2D eigenvalue weighted by atomic mass is 31.2. The van der Waals surface area contributed by atoms with Gasteiger partial charge in [0.25, 0.3) is 0 Å². The summed E-state index contributed by atoms with van der Waals surface area (Å²) >= 11 is 0. The molecule has 0 bridgehead atoms. The Bertz CT molecular complexity index is 1720. The van der Waals surface area contributed by atoms with Crippen LogP contribution in [0.3, 0.4) is 0 Å². The maximum Gasteiger partial charge on any atom is 0.457 e. The van der Waals surface area contributed by atoms with E-state index in [2.05, 4.69) is 26.9 Å². The highest BCUT2D eigenvalue weighted by Gasteiger charge is 2.42. The van der Waals surface area contributed by atoms with Gasteiger partial charge in [-0.1, -0.05) is 54.5 Å². The van der Waals surface area contributed by atoms with Gasteiger partial charge in [-0.15, -0.1) is 11.4 Å². The van der Waals surface area contributed by atoms with E-state index in [-0.39, 0.29) is 56.1 Å². The van der Waals surface area contributed by atoms with Gasteiger partial charge < -0.3 is 43.4 Å². The van der Waals surface area contributed by atoms with Crippen molar-refractivity contribution in [3.63, 3.8) is 0 Å². The van der Waals surface area contributed by atoms with Gasteiger partial charge in [-0.2, -0.15) is 0 Å². The summed E-state index contributed by atoms with van der Waals surface area (Å²) in [5, 5.41) is 7.90. The molecule has 1 atom stereocenters. The van der Waals surface area contributed by atoms with E-state index in [0.29, 0.717) is 5.69 Å². The van der Waals surface area contributed by atoms with E-state index in [1.54, 1.807) is 102 Å². The van der Waals surface area contributed by atoms with Crippen LogP contribution in [0.25, 0.3) is 0 Å². The molecule has 290 valence electrons. The number of alkyl carbamates (subject to hydrolysis) is 2. The number of nitrogens with one attached hydrogen (secondary N) is 3. The van der Waals surface area contributed by atoms with Crippen molar-refractivity contribution in [3.8, 4) is 23.8 Å². The first-order chi connectivity index (χ1) is 25.5. The van der Waals surface area contributed by atoms with Gasteiger partial charge in [0, 0.05) is 5.69 Å². The minimum atomic E-state index is -4.39. The summed E-state index contributed by atoms with van der Waals surface area (Å²) in [6, 6.07) is 22.8. The van der Waals surface area contributed by atoms with Crippen LogP contribution < -0.4 is 25.0 Å². The molecule has 3 rings (SSSR count). The van der Waals surface area contributed by atoms with Gasteiger partial charge in [-0.05, 0) is 83.5 Å². The van der Waals surface area contributed by atoms with E-state index >= 15 is 0 Å². The number of carbonyl (C=O) groups excluding carboxylic acids is 3. The lowest BCUT2D eigenvalue weighted by molar-refractivity contribution is 0.0357. The third-order valence-corrected chi connectivity index (χ3v) is 8.24. The van der Waals surface area contributed by atoms with Crippen molar-refractivity contribution in [2.75, 3.05) is 38.4 Å². The smallest absolute Gasteiger partial charge is 0.447 e. The number of anilines is 1. The molecule has 0 spiro atoms. The molecule has 16 heteroatoms. The van der Waals surface area contributed by atoms with E-state index < -0.39 is 42.9 Å². The summed E-state index contributed by atoms with van der Waals surface area (Å²) in [6.45, 7) is 10.6. The number of guanidine groups is 1. The molecule has 15 nitrogen and oxygen atoms in total. The fourth-order valence-electron chi connectivity index (χ4n) is 4.17. The van der Waals surface area contributed by atoms with Crippen molar-refractivity contribution < 1.29 is 51.7 Å². The van der Waals surface area contributed by atoms with Crippen molar-refractivity contribution in [3.05, 3.63) is 90.5 Å². The number of benzene rings is 3. The van der Waals surface area contributed by atoms with Crippen LogP contribution in [-0.4, -0.2) is 68.5 Å². The van der Waals surface area contributed by atoms with Gasteiger partial charge in [0.1, 0.15) is 35.9 Å². The monoisotopic (exact) mass is 766 g/mol. The third kappa shape index (κ3) is 16.4. The number of para-hydroxylation sites is 2. The van der Waals surface area contributed by atoms with Crippen molar-refractivity contribution in [2.24, 2.45) is 4.99 Å². The molecule has 3 N–H and O–H groups in total. The summed E-state index contributed by atoms with van der Waals surface area (Å²) in [4.78, 5) is 42.2. The van der Waals surface area contributed by atoms with E-state index in [1.807, 2.05) is 0 Å². The largest absolute Gasteiger partial charge is 0.457 e. The highest BCUT2D eigenvalue weighted by molar-refractivity contribution is 7.55. The predicted molar refractivity (Wildman–Crippen MR) is 203 cm³/mol. The molecule has 0 saturated heterocycles. The first kappa shape index (κ1) is 42.9. The van der Waals surface area contributed by atoms with E-state index in [0.717, 1.165) is 0 Å². The molecule has 0 radical (unpaired) electrons. The summed E-state index contributed by atoms with van der Waals surface area (Å²) in [6.07, 6.45) is 2.37. The van der Waals surface area contributed by atoms with Crippen LogP contribution in [0, 0.1) is 12.3 Å². The number of terminal acetylenes is 1. The van der Waals surface area contributed by atoms with Gasteiger partial charge in [0.05, 0.1) is 19.8 Å². The van der Waals surface area contributed by atoms with Crippen LogP contribution in [0.5, 0.6) is 11.5 Å². The Morgan fingerprint density at radius 2 is 1.28 bits per heavy atom. The van der Waals surface area contributed by atoms with E-state index in [9.17, 15) is 18.9 Å². The Morgan fingerprint density at radius 3 is 1.81 bits per heavy atom. The average molecular weight is 767 g/mol. The molecule has 0 aliphatic carbocycles. The molecule has 54 heavy (non-hydrogen) atoms. The zero-order valence-electron chi connectivity index (χ0n) is 31.2. The maximum absolute atomic E-state index is 14.9. The van der Waals surface area contributed by atoms with Crippen LogP contribution in [-0.2, 0) is 28.2 Å². The molecular formula is C38H47N4O11P. The number of amides is 3. The van der Waals surface area contributed by atoms with E-state index in [1.165, 1.54) is 24.3 Å². The number of rotatable bonds is 15. The lowest BCUT2D eigenvalue weighted by Crippen LogP contribution is -2.40. The van der Waals surface area contributed by atoms with Gasteiger partial charge in [-0.25, -0.2) is 18.9 Å². The van der Waals surface area contributed by atoms with Gasteiger partial charge in [-0.3, -0.25) is 5.32 Å². The number of carbonyl (C=O) groups is 3. The Morgan fingerprint density at radius 1 is 0.741 bits per heavy atom. The molecule has 0 aliphatic rings. The zero-order valence-corrected chi connectivity index (χ0v) is 32.1. The maximum atomic E-state index is 14.9. The second-order valence-corrected chi connectivity index (χ2v) is 15.2. The molecular weight excluding hydrogens is 719 g/mol. The zero-order chi connectivity index (χ0) is 39.6. The van der Waals surface area contributed by atoms with Gasteiger partial charge >= 0.3 is 25.9 Å². The van der Waals surface area contributed by atoms with Gasteiger partial charge in [0.15, 0.2) is 5.78 Å². The van der Waals surface area contributed by atoms with E-state index in [4.69, 9.17) is 39.2 Å². The molecule has 0 saturated carbocycles. The number of nitrogens with zero attached hydrogens (tertiary/aromatic N) is 1. The molecule has 0 aromatic heterocycles. The van der Waals surface area contributed by atoms with Crippen molar-refractivity contribution >= 4 is 37.5 Å². The first-order valence-corrected chi connectivity index (χ1v) is 18.5. The summed E-state index contributed by atoms with van der Waals surface area (Å²) < 4.78 is 53.5. The summed E-state index contributed by atoms with van der Waals surface area (Å²) in [5.41, 5.74) is -1.09. The quantitative estimate of drug-likeness (QED) is 0.0344. The first-order valence-electron chi connectivity index (χ1n) is 16.9. The molecule has 0 fully saturated rings. The van der Waals surface area contributed by atoms with Crippen LogP contribution in [0.1, 0.15) is 52.9 Å². The number of aliphatic imine (C=N–C) groups is 1. The SMILES string of the molecule is C#CCOCCOCCOC(=O)NC(c1ccc(N/C(=N/C(=O)OC(C)(C)C)NC(=O)OC(C)(C)C)cc1)P(=O)(Oc1ccccc1)Oc1ccccc1. The molecule has 0 aliphatic heterocycles. The Hall–Kier alpha value is -5.55. The Balaban J connectivity index is 1.93. The predicted octanol–water partition coefficient (Wildman–Crippen LogP) is 7.66. The highest BCUT2D eigenvalue weighted by Crippen LogP contribution is 2.59. The fourth-order valence-corrected chi connectivity index (χ4v) is 6.05. The van der Waals surface area contributed by atoms with Crippen molar-refractivity contribution in [1.29, 1.82) is 0 Å². The Labute approximate surface area is 315 Å². The lowest BCUT2D eigenvalue weighted by atomic mass is 10.2. The third-order valence-electron chi connectivity index (χ3n) is 6.25. The molecule has 3 amide bonds. The minimum Gasteiger partial charge on any atom is -0.447 e. The van der Waals surface area contributed by atoms with Crippen LogP contribution in [0.2, 0.25) is 0 Å². The normalized spacial score (nSPS) is 12.4. The topological polar surface area (TPSA) is 181 Å². The molecule has 3 aromatic rings. The lowest BCUT2D eigenvalue weighted by Gasteiger charge is -2.28. The second-order valence-electron chi connectivity index (χ2n) is 13.2. The molecule has 0 heterocycles. The summed E-state index contributed by atoms with van der Waals surface area (Å²) in [7, 11) is -4.39. The van der Waals surface area contributed by atoms with Gasteiger partial charge in [0.2, 0.25) is 5.96 Å². The summed E-state index contributed by atoms with van der Waals surface area (Å²) in [5.74, 6) is 1.07. The van der Waals surface area contributed by atoms with Crippen molar-refractivity contribution in [1.82, 2.24) is 10.6 Å². The number of ether oxygens (including phenoxy) is 5. The molecule has 3 aromatic carbocycles. The standard InChI is InChI=1S/C38H47N4O11P/c1-8-23-47-24-25-48-26-27-49-34(43)40-32(54(46,52-30-15-11-9-12-16-30)53-31-17-13-10-14-18-31)28-19-21-29(22-20-28)39-33(41-35(44)50-37(2,3)4)42-36(45)51-38(5,6)7/h1,9-22,32H,23-27H2,2-7H3,(H,40,43)(H2,39,41,42,44,45). The molecule has 1 unspecified atom stereocenters. The minimum absolute atomic E-state index is 0.0566. The number of hydrogen-bond acceptors (Lipinski definition) is 11. The van der Waals surface area contributed by atoms with Crippen LogP contribution in [0.4, 0.5) is 20.1 Å². The average Bonchev–Trinajstić information content (AvgIpc) is 3.08. The van der Waals surface area contributed by atoms with Crippen LogP contribution >= 0.6 is 7.60 Å².